The first kappa shape index (κ1) is 20.2. The molecule has 0 heterocycles. The van der Waals surface area contributed by atoms with Gasteiger partial charge in [-0.1, -0.05) is 66.7 Å². The number of amides is 1. The maximum atomic E-state index is 13.0. The first-order chi connectivity index (χ1) is 15.2. The van der Waals surface area contributed by atoms with Crippen LogP contribution in [-0.2, 0) is 0 Å². The molecule has 0 aliphatic rings. The Hall–Kier alpha value is -4.05. The van der Waals surface area contributed by atoms with Crippen molar-refractivity contribution in [1.82, 2.24) is 0 Å². The lowest BCUT2D eigenvalue weighted by Crippen LogP contribution is -2.12. The lowest BCUT2D eigenvalue weighted by Gasteiger charge is -2.17. The van der Waals surface area contributed by atoms with Gasteiger partial charge in [-0.2, -0.15) is 0 Å². The van der Waals surface area contributed by atoms with Crippen LogP contribution in [0, 0.1) is 0 Å². The lowest BCUT2D eigenvalue weighted by atomic mass is 9.97. The minimum Gasteiger partial charge on any atom is -0.496 e. The van der Waals surface area contributed by atoms with Crippen molar-refractivity contribution in [2.24, 2.45) is 0 Å². The molecule has 4 aromatic rings. The number of para-hydroxylation sites is 2. The number of ether oxygens (including phenoxy) is 2. The van der Waals surface area contributed by atoms with E-state index in [2.05, 4.69) is 5.32 Å². The van der Waals surface area contributed by atoms with E-state index in [4.69, 9.17) is 9.47 Å². The third-order valence-corrected chi connectivity index (χ3v) is 5.12. The number of anilines is 1. The summed E-state index contributed by atoms with van der Waals surface area (Å²) in [6.07, 6.45) is 0. The fourth-order valence-corrected chi connectivity index (χ4v) is 3.58. The zero-order valence-corrected chi connectivity index (χ0v) is 17.5. The van der Waals surface area contributed by atoms with Crippen molar-refractivity contribution in [3.05, 3.63) is 103 Å². The van der Waals surface area contributed by atoms with Gasteiger partial charge in [0, 0.05) is 27.9 Å². The topological polar surface area (TPSA) is 47.6 Å². The van der Waals surface area contributed by atoms with E-state index in [0.717, 1.165) is 33.8 Å². The molecular formula is C27H23NO3. The Labute approximate surface area is 182 Å². The Morgan fingerprint density at radius 2 is 1.23 bits per heavy atom. The van der Waals surface area contributed by atoms with Crippen LogP contribution < -0.4 is 14.8 Å². The van der Waals surface area contributed by atoms with Gasteiger partial charge in [0.25, 0.3) is 5.91 Å². The van der Waals surface area contributed by atoms with Gasteiger partial charge in [-0.15, -0.1) is 0 Å². The van der Waals surface area contributed by atoms with Crippen LogP contribution in [0.25, 0.3) is 22.3 Å². The second-order valence-corrected chi connectivity index (χ2v) is 6.98. The highest BCUT2D eigenvalue weighted by Gasteiger charge is 2.16. The Bertz CT molecular complexity index is 1200. The highest BCUT2D eigenvalue weighted by atomic mass is 16.5. The van der Waals surface area contributed by atoms with Crippen LogP contribution >= 0.6 is 0 Å². The lowest BCUT2D eigenvalue weighted by molar-refractivity contribution is 0.102. The van der Waals surface area contributed by atoms with Gasteiger partial charge >= 0.3 is 0 Å². The van der Waals surface area contributed by atoms with E-state index < -0.39 is 0 Å². The number of benzene rings is 4. The highest BCUT2D eigenvalue weighted by molar-refractivity contribution is 6.07. The average Bonchev–Trinajstić information content (AvgIpc) is 2.84. The SMILES string of the molecule is COc1ccccc1-c1ccc(-c2ccccc2OC)c(NC(=O)c2ccccc2)c1. The van der Waals surface area contributed by atoms with Crippen molar-refractivity contribution in [3.63, 3.8) is 0 Å². The van der Waals surface area contributed by atoms with Crippen molar-refractivity contribution >= 4 is 11.6 Å². The van der Waals surface area contributed by atoms with Crippen LogP contribution in [0.4, 0.5) is 5.69 Å². The number of methoxy groups -OCH3 is 2. The molecule has 0 radical (unpaired) electrons. The van der Waals surface area contributed by atoms with Crippen molar-refractivity contribution in [3.8, 4) is 33.8 Å². The predicted molar refractivity (Wildman–Crippen MR) is 125 cm³/mol. The van der Waals surface area contributed by atoms with Gasteiger partial charge in [0.1, 0.15) is 11.5 Å². The Balaban J connectivity index is 1.84. The van der Waals surface area contributed by atoms with Gasteiger partial charge in [0.05, 0.1) is 14.2 Å². The summed E-state index contributed by atoms with van der Waals surface area (Å²) in [4.78, 5) is 13.0. The van der Waals surface area contributed by atoms with Crippen molar-refractivity contribution in [2.75, 3.05) is 19.5 Å². The first-order valence-electron chi connectivity index (χ1n) is 9.98. The van der Waals surface area contributed by atoms with E-state index in [0.29, 0.717) is 11.3 Å². The van der Waals surface area contributed by atoms with E-state index >= 15 is 0 Å². The zero-order valence-electron chi connectivity index (χ0n) is 17.5. The number of carbonyl (C=O) groups is 1. The highest BCUT2D eigenvalue weighted by Crippen LogP contribution is 2.39. The minimum atomic E-state index is -0.172. The van der Waals surface area contributed by atoms with Gasteiger partial charge in [0.15, 0.2) is 0 Å². The van der Waals surface area contributed by atoms with Gasteiger partial charge in [-0.05, 0) is 35.9 Å². The maximum absolute atomic E-state index is 13.0. The minimum absolute atomic E-state index is 0.172. The van der Waals surface area contributed by atoms with Crippen LogP contribution in [0.2, 0.25) is 0 Å². The summed E-state index contributed by atoms with van der Waals surface area (Å²) in [6.45, 7) is 0. The van der Waals surface area contributed by atoms with E-state index in [1.54, 1.807) is 26.4 Å². The summed E-state index contributed by atoms with van der Waals surface area (Å²) in [5, 5.41) is 3.09. The first-order valence-corrected chi connectivity index (χ1v) is 9.98. The molecule has 154 valence electrons. The van der Waals surface area contributed by atoms with E-state index in [1.807, 2.05) is 84.9 Å². The molecule has 4 rings (SSSR count). The molecule has 0 spiro atoms. The van der Waals surface area contributed by atoms with Gasteiger partial charge in [-0.25, -0.2) is 0 Å². The van der Waals surface area contributed by atoms with Crippen molar-refractivity contribution in [1.29, 1.82) is 0 Å². The molecule has 1 N–H and O–H groups in total. The van der Waals surface area contributed by atoms with E-state index in [1.165, 1.54) is 0 Å². The quantitative estimate of drug-likeness (QED) is 0.407. The summed E-state index contributed by atoms with van der Waals surface area (Å²) >= 11 is 0. The van der Waals surface area contributed by atoms with E-state index in [-0.39, 0.29) is 5.91 Å². The molecular weight excluding hydrogens is 386 g/mol. The smallest absolute Gasteiger partial charge is 0.255 e. The number of carbonyl (C=O) groups excluding carboxylic acids is 1. The molecule has 4 nitrogen and oxygen atoms in total. The standard InChI is InChI=1S/C27H23NO3/c1-30-25-14-8-6-12-21(25)20-16-17-22(23-13-7-9-15-26(23)31-2)24(18-20)28-27(29)19-10-4-3-5-11-19/h3-18H,1-2H3,(H,28,29). The molecule has 0 aliphatic carbocycles. The Morgan fingerprint density at radius 3 is 1.90 bits per heavy atom. The summed E-state index contributed by atoms with van der Waals surface area (Å²) < 4.78 is 11.1. The zero-order chi connectivity index (χ0) is 21.6. The molecule has 0 aliphatic heterocycles. The molecule has 0 atom stereocenters. The molecule has 4 aromatic carbocycles. The molecule has 0 bridgehead atoms. The van der Waals surface area contributed by atoms with Gasteiger partial charge < -0.3 is 14.8 Å². The fraction of sp³-hybridized carbons (Fsp3) is 0.0741. The monoisotopic (exact) mass is 409 g/mol. The van der Waals surface area contributed by atoms with Gasteiger partial charge in [0.2, 0.25) is 0 Å². The van der Waals surface area contributed by atoms with Crippen LogP contribution in [-0.4, -0.2) is 20.1 Å². The second-order valence-electron chi connectivity index (χ2n) is 6.98. The average molecular weight is 409 g/mol. The molecule has 0 fully saturated rings. The third-order valence-electron chi connectivity index (χ3n) is 5.12. The Kier molecular flexibility index (Phi) is 5.99. The molecule has 4 heteroatoms. The molecule has 1 amide bonds. The van der Waals surface area contributed by atoms with Crippen LogP contribution in [0.3, 0.4) is 0 Å². The molecule has 0 saturated heterocycles. The number of hydrogen-bond donors (Lipinski definition) is 1. The summed E-state index contributed by atoms with van der Waals surface area (Å²) in [6, 6.07) is 30.8. The maximum Gasteiger partial charge on any atom is 0.255 e. The predicted octanol–water partition coefficient (Wildman–Crippen LogP) is 6.29. The van der Waals surface area contributed by atoms with Crippen LogP contribution in [0.15, 0.2) is 97.1 Å². The van der Waals surface area contributed by atoms with Crippen molar-refractivity contribution < 1.29 is 14.3 Å². The number of nitrogens with one attached hydrogen (secondary N) is 1. The molecule has 0 aromatic heterocycles. The normalized spacial score (nSPS) is 10.4. The molecule has 0 unspecified atom stereocenters. The van der Waals surface area contributed by atoms with E-state index in [9.17, 15) is 4.79 Å². The largest absolute Gasteiger partial charge is 0.496 e. The fourth-order valence-electron chi connectivity index (χ4n) is 3.58. The molecule has 0 saturated carbocycles. The summed E-state index contributed by atoms with van der Waals surface area (Å²) in [7, 11) is 3.30. The summed E-state index contributed by atoms with van der Waals surface area (Å²) in [5.41, 5.74) is 4.96. The van der Waals surface area contributed by atoms with Gasteiger partial charge in [-0.3, -0.25) is 4.79 Å². The van der Waals surface area contributed by atoms with Crippen LogP contribution in [0.1, 0.15) is 10.4 Å². The number of rotatable bonds is 6. The summed E-state index contributed by atoms with van der Waals surface area (Å²) in [5.74, 6) is 1.34. The van der Waals surface area contributed by atoms with Crippen LogP contribution in [0.5, 0.6) is 11.5 Å². The third kappa shape index (κ3) is 4.28. The second kappa shape index (κ2) is 9.18. The molecule has 31 heavy (non-hydrogen) atoms. The van der Waals surface area contributed by atoms with Crippen molar-refractivity contribution in [2.45, 2.75) is 0 Å². The Morgan fingerprint density at radius 1 is 0.645 bits per heavy atom. The number of hydrogen-bond acceptors (Lipinski definition) is 3.